The number of carbonyl (C=O) groups is 1. The number of hydrogen-bond donors (Lipinski definition) is 1. The zero-order valence-electron chi connectivity index (χ0n) is 9.99. The monoisotopic (exact) mass is 259 g/mol. The number of para-hydroxylation sites is 2. The smallest absolute Gasteiger partial charge is 0.387 e. The summed E-state index contributed by atoms with van der Waals surface area (Å²) >= 11 is 0. The fraction of sp³-hybridized carbons (Fsp3) is 0.417. The van der Waals surface area contributed by atoms with E-state index in [9.17, 15) is 13.6 Å². The van der Waals surface area contributed by atoms with E-state index >= 15 is 0 Å². The van der Waals surface area contributed by atoms with E-state index in [4.69, 9.17) is 4.74 Å². The third kappa shape index (κ3) is 4.99. The fourth-order valence-electron chi connectivity index (χ4n) is 1.34. The topological polar surface area (TPSA) is 47.6 Å². The zero-order valence-corrected chi connectivity index (χ0v) is 9.99. The molecule has 0 saturated heterocycles. The zero-order chi connectivity index (χ0) is 13.4. The van der Waals surface area contributed by atoms with Crippen molar-refractivity contribution in [3.63, 3.8) is 0 Å². The summed E-state index contributed by atoms with van der Waals surface area (Å²) in [6.07, 6.45) is 0.164. The Bertz CT molecular complexity index is 385. The van der Waals surface area contributed by atoms with Crippen molar-refractivity contribution in [3.05, 3.63) is 24.3 Å². The van der Waals surface area contributed by atoms with Crippen molar-refractivity contribution in [3.8, 4) is 5.75 Å². The van der Waals surface area contributed by atoms with Gasteiger partial charge in [-0.1, -0.05) is 12.1 Å². The van der Waals surface area contributed by atoms with Crippen molar-refractivity contribution in [2.45, 2.75) is 20.0 Å². The second-order valence-electron chi connectivity index (χ2n) is 3.36. The first-order chi connectivity index (χ1) is 8.63. The quantitative estimate of drug-likeness (QED) is 0.765. The Kier molecular flexibility index (Phi) is 5.90. The molecule has 1 rings (SSSR count). The van der Waals surface area contributed by atoms with Gasteiger partial charge in [0.1, 0.15) is 5.75 Å². The summed E-state index contributed by atoms with van der Waals surface area (Å²) in [5, 5.41) is 2.85. The molecule has 0 unspecified atom stereocenters. The maximum absolute atomic E-state index is 12.1. The largest absolute Gasteiger partial charge is 0.466 e. The lowest BCUT2D eigenvalue weighted by Crippen LogP contribution is -2.12. The van der Waals surface area contributed by atoms with E-state index in [1.807, 2.05) is 0 Å². The molecule has 4 nitrogen and oxygen atoms in total. The summed E-state index contributed by atoms with van der Waals surface area (Å²) in [6, 6.07) is 6.31. The predicted octanol–water partition coefficient (Wildman–Crippen LogP) is 2.65. The van der Waals surface area contributed by atoms with Crippen molar-refractivity contribution in [2.75, 3.05) is 18.5 Å². The second-order valence-corrected chi connectivity index (χ2v) is 3.36. The lowest BCUT2D eigenvalue weighted by molar-refractivity contribution is -0.142. The Morgan fingerprint density at radius 1 is 1.39 bits per heavy atom. The summed E-state index contributed by atoms with van der Waals surface area (Å²) in [7, 11) is 0. The van der Waals surface area contributed by atoms with Crippen LogP contribution in [0, 0.1) is 0 Å². The van der Waals surface area contributed by atoms with Crippen LogP contribution >= 0.6 is 0 Å². The van der Waals surface area contributed by atoms with E-state index in [0.29, 0.717) is 18.8 Å². The van der Waals surface area contributed by atoms with Gasteiger partial charge in [-0.3, -0.25) is 4.79 Å². The van der Waals surface area contributed by atoms with Gasteiger partial charge in [-0.2, -0.15) is 8.78 Å². The number of alkyl halides is 2. The van der Waals surface area contributed by atoms with Crippen LogP contribution in [0.4, 0.5) is 14.5 Å². The van der Waals surface area contributed by atoms with Gasteiger partial charge in [-0.05, 0) is 19.1 Å². The highest BCUT2D eigenvalue weighted by atomic mass is 19.3. The molecule has 18 heavy (non-hydrogen) atoms. The molecule has 1 aromatic carbocycles. The van der Waals surface area contributed by atoms with Crippen LogP contribution in [0.15, 0.2) is 24.3 Å². The van der Waals surface area contributed by atoms with Gasteiger partial charge in [-0.15, -0.1) is 0 Å². The Hall–Kier alpha value is -1.85. The predicted molar refractivity (Wildman–Crippen MR) is 62.8 cm³/mol. The summed E-state index contributed by atoms with van der Waals surface area (Å²) in [6.45, 7) is -0.540. The molecule has 0 aliphatic heterocycles. The minimum Gasteiger partial charge on any atom is -0.466 e. The molecule has 0 spiro atoms. The van der Waals surface area contributed by atoms with Crippen molar-refractivity contribution < 1.29 is 23.0 Å². The molecule has 6 heteroatoms. The summed E-state index contributed by atoms with van der Waals surface area (Å²) < 4.78 is 33.3. The van der Waals surface area contributed by atoms with E-state index < -0.39 is 6.61 Å². The first kappa shape index (κ1) is 14.2. The number of esters is 1. The maximum Gasteiger partial charge on any atom is 0.387 e. The number of halogens is 2. The molecule has 0 saturated carbocycles. The number of rotatable bonds is 7. The molecular formula is C12H15F2NO3. The Morgan fingerprint density at radius 3 is 2.78 bits per heavy atom. The Labute approximate surface area is 104 Å². The molecule has 100 valence electrons. The SMILES string of the molecule is CCOC(=O)CCNc1ccccc1OC(F)F. The molecule has 0 aliphatic carbocycles. The first-order valence-corrected chi connectivity index (χ1v) is 5.56. The number of benzene rings is 1. The van der Waals surface area contributed by atoms with Gasteiger partial charge in [0.25, 0.3) is 0 Å². The average molecular weight is 259 g/mol. The highest BCUT2D eigenvalue weighted by Gasteiger charge is 2.09. The lowest BCUT2D eigenvalue weighted by atomic mass is 10.3. The summed E-state index contributed by atoms with van der Waals surface area (Å²) in [5.41, 5.74) is 0.419. The van der Waals surface area contributed by atoms with E-state index in [0.717, 1.165) is 0 Å². The van der Waals surface area contributed by atoms with Crippen molar-refractivity contribution in [1.82, 2.24) is 0 Å². The van der Waals surface area contributed by atoms with Crippen LogP contribution in [0.5, 0.6) is 5.75 Å². The minimum absolute atomic E-state index is 0.0522. The molecule has 1 N–H and O–H groups in total. The number of hydrogen-bond acceptors (Lipinski definition) is 4. The molecule has 0 radical (unpaired) electrons. The van der Waals surface area contributed by atoms with E-state index in [1.165, 1.54) is 6.07 Å². The van der Waals surface area contributed by atoms with Crippen molar-refractivity contribution >= 4 is 11.7 Å². The van der Waals surface area contributed by atoms with Gasteiger partial charge in [0, 0.05) is 6.54 Å². The van der Waals surface area contributed by atoms with Crippen molar-refractivity contribution in [1.29, 1.82) is 0 Å². The molecule has 0 bridgehead atoms. The van der Waals surface area contributed by atoms with E-state index in [2.05, 4.69) is 10.1 Å². The Balaban J connectivity index is 2.48. The van der Waals surface area contributed by atoms with Crippen LogP contribution in [0.3, 0.4) is 0 Å². The molecule has 0 atom stereocenters. The highest BCUT2D eigenvalue weighted by molar-refractivity contribution is 5.70. The number of anilines is 1. The van der Waals surface area contributed by atoms with Crippen LogP contribution in [0.2, 0.25) is 0 Å². The van der Waals surface area contributed by atoms with Crippen LogP contribution < -0.4 is 10.1 Å². The van der Waals surface area contributed by atoms with Gasteiger partial charge in [0.2, 0.25) is 0 Å². The normalized spacial score (nSPS) is 10.2. The average Bonchev–Trinajstić information content (AvgIpc) is 2.31. The molecule has 0 aromatic heterocycles. The van der Waals surface area contributed by atoms with Crippen molar-refractivity contribution in [2.24, 2.45) is 0 Å². The highest BCUT2D eigenvalue weighted by Crippen LogP contribution is 2.25. The van der Waals surface area contributed by atoms with Crippen LogP contribution in [0.25, 0.3) is 0 Å². The molecule has 0 amide bonds. The number of nitrogens with one attached hydrogen (secondary N) is 1. The van der Waals surface area contributed by atoms with E-state index in [-0.39, 0.29) is 18.1 Å². The standard InChI is InChI=1S/C12H15F2NO3/c1-2-17-11(16)7-8-15-9-5-3-4-6-10(9)18-12(13)14/h3-6,12,15H,2,7-8H2,1H3. The van der Waals surface area contributed by atoms with Crippen LogP contribution in [0.1, 0.15) is 13.3 Å². The minimum atomic E-state index is -2.88. The van der Waals surface area contributed by atoms with Crippen LogP contribution in [-0.2, 0) is 9.53 Å². The number of ether oxygens (including phenoxy) is 2. The Morgan fingerprint density at radius 2 is 2.11 bits per heavy atom. The van der Waals surface area contributed by atoms with Gasteiger partial charge in [-0.25, -0.2) is 0 Å². The third-order valence-electron chi connectivity index (χ3n) is 2.05. The van der Waals surface area contributed by atoms with Crippen LogP contribution in [-0.4, -0.2) is 25.7 Å². The molecule has 0 heterocycles. The molecule has 0 aliphatic rings. The summed E-state index contributed by atoms with van der Waals surface area (Å²) in [5.74, 6) is -0.284. The fourth-order valence-corrected chi connectivity index (χ4v) is 1.34. The molecule has 1 aromatic rings. The van der Waals surface area contributed by atoms with Gasteiger partial charge in [0.15, 0.2) is 0 Å². The summed E-state index contributed by atoms with van der Waals surface area (Å²) in [4.78, 5) is 11.1. The second kappa shape index (κ2) is 7.47. The lowest BCUT2D eigenvalue weighted by Gasteiger charge is -2.12. The molecule has 0 fully saturated rings. The maximum atomic E-state index is 12.1. The first-order valence-electron chi connectivity index (χ1n) is 5.56. The van der Waals surface area contributed by atoms with Gasteiger partial charge in [0.05, 0.1) is 18.7 Å². The van der Waals surface area contributed by atoms with Gasteiger partial charge >= 0.3 is 12.6 Å². The van der Waals surface area contributed by atoms with E-state index in [1.54, 1.807) is 25.1 Å². The van der Waals surface area contributed by atoms with Gasteiger partial charge < -0.3 is 14.8 Å². The number of carbonyl (C=O) groups excluding carboxylic acids is 1. The third-order valence-corrected chi connectivity index (χ3v) is 2.05. The molecular weight excluding hydrogens is 244 g/mol.